The van der Waals surface area contributed by atoms with Gasteiger partial charge in [-0.3, -0.25) is 4.79 Å². The molecule has 1 atom stereocenters. The highest BCUT2D eigenvalue weighted by Gasteiger charge is 2.04. The summed E-state index contributed by atoms with van der Waals surface area (Å²) in [5.41, 5.74) is 5.59. The molecule has 0 aliphatic heterocycles. The molecule has 1 aromatic heterocycles. The second-order valence-corrected chi connectivity index (χ2v) is 4.95. The summed E-state index contributed by atoms with van der Waals surface area (Å²) in [5.74, 6) is -0.114. The van der Waals surface area contributed by atoms with E-state index < -0.39 is 0 Å². The zero-order valence-corrected chi connectivity index (χ0v) is 10.5. The summed E-state index contributed by atoms with van der Waals surface area (Å²) in [4.78, 5) is 12.5. The fourth-order valence-electron chi connectivity index (χ4n) is 1.36. The molecule has 0 aliphatic carbocycles. The highest BCUT2D eigenvalue weighted by Crippen LogP contribution is 2.09. The quantitative estimate of drug-likeness (QED) is 0.745. The molecule has 0 aromatic carbocycles. The Morgan fingerprint density at radius 2 is 2.44 bits per heavy atom. The van der Waals surface area contributed by atoms with Crippen LogP contribution in [-0.2, 0) is 16.0 Å². The normalized spacial score (nSPS) is 12.4. The van der Waals surface area contributed by atoms with Crippen LogP contribution in [0.2, 0.25) is 0 Å². The molecule has 16 heavy (non-hydrogen) atoms. The topological polar surface area (TPSA) is 52.3 Å². The van der Waals surface area contributed by atoms with Crippen LogP contribution in [0.3, 0.4) is 0 Å². The van der Waals surface area contributed by atoms with Crippen LogP contribution in [0.4, 0.5) is 0 Å². The van der Waals surface area contributed by atoms with Crippen LogP contribution < -0.4 is 5.73 Å². The van der Waals surface area contributed by atoms with E-state index in [2.05, 4.69) is 6.07 Å². The third-order valence-corrected chi connectivity index (χ3v) is 3.17. The monoisotopic (exact) mass is 241 g/mol. The van der Waals surface area contributed by atoms with Crippen molar-refractivity contribution in [3.05, 3.63) is 22.4 Å². The first-order valence-corrected chi connectivity index (χ1v) is 6.50. The van der Waals surface area contributed by atoms with E-state index in [1.807, 2.05) is 18.4 Å². The lowest BCUT2D eigenvalue weighted by molar-refractivity contribution is -0.143. The van der Waals surface area contributed by atoms with Gasteiger partial charge in [-0.25, -0.2) is 0 Å². The minimum absolute atomic E-state index is 0.114. The molecule has 1 rings (SSSR count). The molecule has 1 heterocycles. The second kappa shape index (κ2) is 7.41. The highest BCUT2D eigenvalue weighted by atomic mass is 32.1. The Labute approximate surface area is 101 Å². The maximum absolute atomic E-state index is 11.3. The highest BCUT2D eigenvalue weighted by molar-refractivity contribution is 7.09. The van der Waals surface area contributed by atoms with Crippen LogP contribution in [0.1, 0.15) is 31.1 Å². The predicted molar refractivity (Wildman–Crippen MR) is 66.5 cm³/mol. The van der Waals surface area contributed by atoms with Crippen molar-refractivity contribution in [1.82, 2.24) is 0 Å². The van der Waals surface area contributed by atoms with Gasteiger partial charge in [0.1, 0.15) is 0 Å². The fourth-order valence-corrected chi connectivity index (χ4v) is 2.05. The molecule has 4 heteroatoms. The van der Waals surface area contributed by atoms with Crippen LogP contribution in [0.5, 0.6) is 0 Å². The van der Waals surface area contributed by atoms with E-state index in [0.717, 1.165) is 19.3 Å². The number of rotatable bonds is 7. The van der Waals surface area contributed by atoms with Gasteiger partial charge in [-0.1, -0.05) is 6.07 Å². The Morgan fingerprint density at radius 1 is 1.62 bits per heavy atom. The first-order valence-electron chi connectivity index (χ1n) is 5.62. The summed E-state index contributed by atoms with van der Waals surface area (Å²) in [6.07, 6.45) is 2.98. The van der Waals surface area contributed by atoms with Crippen LogP contribution >= 0.6 is 11.3 Å². The molecule has 0 bridgehead atoms. The second-order valence-electron chi connectivity index (χ2n) is 3.92. The van der Waals surface area contributed by atoms with E-state index in [0.29, 0.717) is 13.0 Å². The summed E-state index contributed by atoms with van der Waals surface area (Å²) in [5, 5.41) is 2.03. The summed E-state index contributed by atoms with van der Waals surface area (Å²) < 4.78 is 5.12. The van der Waals surface area contributed by atoms with Gasteiger partial charge < -0.3 is 10.5 Å². The standard InChI is InChI=1S/C12H19NO2S/c1-10(13)4-2-6-12(14)15-8-7-11-5-3-9-16-11/h3,5,9-10H,2,4,6-8,13H2,1H3. The molecule has 0 radical (unpaired) electrons. The van der Waals surface area contributed by atoms with Gasteiger partial charge in [-0.05, 0) is 31.2 Å². The average molecular weight is 241 g/mol. The first kappa shape index (κ1) is 13.2. The van der Waals surface area contributed by atoms with Crippen LogP contribution in [0.15, 0.2) is 17.5 Å². The summed E-state index contributed by atoms with van der Waals surface area (Å²) >= 11 is 1.69. The van der Waals surface area contributed by atoms with Crippen molar-refractivity contribution in [2.45, 2.75) is 38.6 Å². The van der Waals surface area contributed by atoms with E-state index in [-0.39, 0.29) is 12.0 Å². The van der Waals surface area contributed by atoms with E-state index in [1.54, 1.807) is 11.3 Å². The van der Waals surface area contributed by atoms with Gasteiger partial charge in [-0.2, -0.15) is 0 Å². The molecule has 0 amide bonds. The van der Waals surface area contributed by atoms with E-state index in [1.165, 1.54) is 4.88 Å². The molecular formula is C12H19NO2S. The molecule has 3 nitrogen and oxygen atoms in total. The van der Waals surface area contributed by atoms with Crippen molar-refractivity contribution in [2.75, 3.05) is 6.61 Å². The van der Waals surface area contributed by atoms with Crippen LogP contribution in [0.25, 0.3) is 0 Å². The number of thiophene rings is 1. The SMILES string of the molecule is CC(N)CCCC(=O)OCCc1cccs1. The van der Waals surface area contributed by atoms with E-state index >= 15 is 0 Å². The van der Waals surface area contributed by atoms with Gasteiger partial charge in [0.05, 0.1) is 6.61 Å². The number of carbonyl (C=O) groups excluding carboxylic acids is 1. The van der Waals surface area contributed by atoms with Gasteiger partial charge in [0, 0.05) is 23.8 Å². The summed E-state index contributed by atoms with van der Waals surface area (Å²) in [7, 11) is 0. The number of nitrogens with two attached hydrogens (primary N) is 1. The Hall–Kier alpha value is -0.870. The Bertz CT molecular complexity index is 296. The van der Waals surface area contributed by atoms with Crippen molar-refractivity contribution < 1.29 is 9.53 Å². The van der Waals surface area contributed by atoms with Gasteiger partial charge in [0.2, 0.25) is 0 Å². The average Bonchev–Trinajstić information content (AvgIpc) is 2.70. The summed E-state index contributed by atoms with van der Waals surface area (Å²) in [6.45, 7) is 2.43. The lowest BCUT2D eigenvalue weighted by atomic mass is 10.1. The summed E-state index contributed by atoms with van der Waals surface area (Å²) in [6, 6.07) is 4.22. The van der Waals surface area contributed by atoms with E-state index in [4.69, 9.17) is 10.5 Å². The maximum atomic E-state index is 11.3. The maximum Gasteiger partial charge on any atom is 0.305 e. The zero-order valence-electron chi connectivity index (χ0n) is 9.65. The third-order valence-electron chi connectivity index (χ3n) is 2.23. The number of hydrogen-bond acceptors (Lipinski definition) is 4. The van der Waals surface area contributed by atoms with Crippen molar-refractivity contribution in [2.24, 2.45) is 5.73 Å². The molecule has 0 aliphatic rings. The van der Waals surface area contributed by atoms with E-state index in [9.17, 15) is 4.79 Å². The smallest absolute Gasteiger partial charge is 0.305 e. The number of ether oxygens (including phenoxy) is 1. The lowest BCUT2D eigenvalue weighted by Gasteiger charge is -2.05. The molecule has 90 valence electrons. The van der Waals surface area contributed by atoms with Crippen molar-refractivity contribution >= 4 is 17.3 Å². The van der Waals surface area contributed by atoms with Gasteiger partial charge >= 0.3 is 5.97 Å². The number of carbonyl (C=O) groups is 1. The molecule has 0 fully saturated rings. The third kappa shape index (κ3) is 5.88. The minimum Gasteiger partial charge on any atom is -0.465 e. The largest absolute Gasteiger partial charge is 0.465 e. The fraction of sp³-hybridized carbons (Fsp3) is 0.583. The molecule has 1 unspecified atom stereocenters. The minimum atomic E-state index is -0.114. The Kier molecular flexibility index (Phi) is 6.11. The molecule has 0 saturated carbocycles. The Balaban J connectivity index is 2.02. The van der Waals surface area contributed by atoms with Gasteiger partial charge in [0.25, 0.3) is 0 Å². The number of hydrogen-bond donors (Lipinski definition) is 1. The first-order chi connectivity index (χ1) is 7.68. The molecule has 2 N–H and O–H groups in total. The van der Waals surface area contributed by atoms with Crippen LogP contribution in [0, 0.1) is 0 Å². The Morgan fingerprint density at radius 3 is 3.06 bits per heavy atom. The van der Waals surface area contributed by atoms with Crippen molar-refractivity contribution in [1.29, 1.82) is 0 Å². The molecule has 0 spiro atoms. The predicted octanol–water partition coefficient (Wildman–Crippen LogP) is 2.35. The number of esters is 1. The van der Waals surface area contributed by atoms with Crippen LogP contribution in [-0.4, -0.2) is 18.6 Å². The van der Waals surface area contributed by atoms with Crippen molar-refractivity contribution in [3.8, 4) is 0 Å². The lowest BCUT2D eigenvalue weighted by Crippen LogP contribution is -2.15. The zero-order chi connectivity index (χ0) is 11.8. The molecular weight excluding hydrogens is 222 g/mol. The van der Waals surface area contributed by atoms with Gasteiger partial charge in [-0.15, -0.1) is 11.3 Å². The molecule has 1 aromatic rings. The van der Waals surface area contributed by atoms with Crippen molar-refractivity contribution in [3.63, 3.8) is 0 Å². The molecule has 0 saturated heterocycles. The van der Waals surface area contributed by atoms with Gasteiger partial charge in [0.15, 0.2) is 0 Å².